The van der Waals surface area contributed by atoms with Crippen LogP contribution in [0.25, 0.3) is 0 Å². The van der Waals surface area contributed by atoms with Gasteiger partial charge in [-0.2, -0.15) is 0 Å². The van der Waals surface area contributed by atoms with Gasteiger partial charge in [-0.3, -0.25) is 0 Å². The summed E-state index contributed by atoms with van der Waals surface area (Å²) in [5.41, 5.74) is 0. The summed E-state index contributed by atoms with van der Waals surface area (Å²) in [4.78, 5) is 0. The van der Waals surface area contributed by atoms with Crippen molar-refractivity contribution in [3.8, 4) is 0 Å². The van der Waals surface area contributed by atoms with E-state index < -0.39 is 0 Å². The molecule has 0 amide bonds. The van der Waals surface area contributed by atoms with Gasteiger partial charge in [-0.25, -0.2) is 0 Å². The lowest BCUT2D eigenvalue weighted by Crippen LogP contribution is -1.83. The molecule has 0 spiro atoms. The zero-order valence-electron chi connectivity index (χ0n) is 12.3. The van der Waals surface area contributed by atoms with E-state index in [9.17, 15) is 0 Å². The molecular weight excluding hydrogens is 228 g/mol. The van der Waals surface area contributed by atoms with Gasteiger partial charge >= 0.3 is 0 Å². The van der Waals surface area contributed by atoms with Crippen LogP contribution in [0, 0.1) is 0 Å². The average Bonchev–Trinajstić information content (AvgIpc) is 3.22. The van der Waals surface area contributed by atoms with Gasteiger partial charge in [-0.15, -0.1) is 0 Å². The summed E-state index contributed by atoms with van der Waals surface area (Å²) in [6, 6.07) is 0. The van der Waals surface area contributed by atoms with Crippen molar-refractivity contribution in [3.05, 3.63) is 0 Å². The Balaban J connectivity index is 0.000000325. The summed E-state index contributed by atoms with van der Waals surface area (Å²) in [6.07, 6.45) is 11.0. The van der Waals surface area contributed by atoms with E-state index >= 15 is 0 Å². The second kappa shape index (κ2) is 14.9. The minimum Gasteiger partial charge on any atom is -0.396 e. The fourth-order valence-electron chi connectivity index (χ4n) is 1.34. The lowest BCUT2D eigenvalue weighted by molar-refractivity contribution is 0.282. The highest BCUT2D eigenvalue weighted by Crippen LogP contribution is 2.07. The smallest absolute Gasteiger partial charge is 0.0781 e. The number of hydrogen-bond donors (Lipinski definition) is 1. The molecule has 0 saturated carbocycles. The minimum absolute atomic E-state index is 0.370. The second-order valence-corrected chi connectivity index (χ2v) is 4.95. The van der Waals surface area contributed by atoms with Gasteiger partial charge in [0.15, 0.2) is 0 Å². The molecule has 0 bridgehead atoms. The molecule has 0 radical (unpaired) electrons. The SMILES string of the molecule is C1CO1.CC1CO1.CCCCCCCCCCO. The highest BCUT2D eigenvalue weighted by molar-refractivity contribution is 4.58. The van der Waals surface area contributed by atoms with Crippen LogP contribution in [0.3, 0.4) is 0 Å². The maximum absolute atomic E-state index is 8.51. The fraction of sp³-hybridized carbons (Fsp3) is 1.00. The number of unbranched alkanes of at least 4 members (excludes halogenated alkanes) is 7. The van der Waals surface area contributed by atoms with Gasteiger partial charge in [0.05, 0.1) is 25.9 Å². The van der Waals surface area contributed by atoms with Crippen LogP contribution in [0.4, 0.5) is 0 Å². The summed E-state index contributed by atoms with van der Waals surface area (Å²) in [5, 5.41) is 8.51. The Kier molecular flexibility index (Phi) is 14.8. The molecule has 3 nitrogen and oxygen atoms in total. The fourth-order valence-corrected chi connectivity index (χ4v) is 1.34. The molecule has 2 saturated heterocycles. The Morgan fingerprint density at radius 1 is 0.944 bits per heavy atom. The highest BCUT2D eigenvalue weighted by Gasteiger charge is 2.13. The lowest BCUT2D eigenvalue weighted by atomic mass is 10.1. The molecule has 2 fully saturated rings. The number of ether oxygens (including phenoxy) is 2. The third-order valence-electron chi connectivity index (χ3n) is 2.72. The van der Waals surface area contributed by atoms with Crippen LogP contribution in [-0.4, -0.2) is 37.6 Å². The topological polar surface area (TPSA) is 45.3 Å². The van der Waals surface area contributed by atoms with Gasteiger partial charge in [-0.1, -0.05) is 51.9 Å². The molecule has 1 N–H and O–H groups in total. The average molecular weight is 260 g/mol. The first kappa shape index (κ1) is 17.9. The van der Waals surface area contributed by atoms with Crippen LogP contribution < -0.4 is 0 Å². The molecule has 2 aliphatic rings. The van der Waals surface area contributed by atoms with Crippen molar-refractivity contribution < 1.29 is 14.6 Å². The summed E-state index contributed by atoms with van der Waals surface area (Å²) < 4.78 is 9.21. The number of hydrogen-bond acceptors (Lipinski definition) is 3. The standard InChI is InChI=1S/C10H22O.C3H6O.C2H4O/c1-2-3-4-5-6-7-8-9-10-11;1-3-2-4-3;1-2-3-1/h11H,2-10H2,1H3;3H,2H2,1H3;1-2H2. The van der Waals surface area contributed by atoms with E-state index in [0.29, 0.717) is 12.7 Å². The molecule has 2 aliphatic heterocycles. The van der Waals surface area contributed by atoms with Crippen molar-refractivity contribution in [2.75, 3.05) is 26.4 Å². The van der Waals surface area contributed by atoms with Gasteiger partial charge < -0.3 is 14.6 Å². The van der Waals surface area contributed by atoms with Gasteiger partial charge in [0.25, 0.3) is 0 Å². The van der Waals surface area contributed by atoms with E-state index in [1.807, 2.05) is 0 Å². The zero-order valence-corrected chi connectivity index (χ0v) is 12.3. The number of aliphatic hydroxyl groups is 1. The molecule has 1 unspecified atom stereocenters. The zero-order chi connectivity index (χ0) is 13.5. The summed E-state index contributed by atoms with van der Waals surface area (Å²) >= 11 is 0. The van der Waals surface area contributed by atoms with Crippen molar-refractivity contribution in [1.82, 2.24) is 0 Å². The van der Waals surface area contributed by atoms with Crippen molar-refractivity contribution in [2.24, 2.45) is 0 Å². The third kappa shape index (κ3) is 24.9. The molecule has 2 heterocycles. The predicted molar refractivity (Wildman–Crippen MR) is 75.9 cm³/mol. The van der Waals surface area contributed by atoms with E-state index in [4.69, 9.17) is 9.84 Å². The van der Waals surface area contributed by atoms with E-state index in [-0.39, 0.29) is 0 Å². The van der Waals surface area contributed by atoms with Crippen molar-refractivity contribution in [3.63, 3.8) is 0 Å². The molecule has 2 rings (SSSR count). The normalized spacial score (nSPS) is 19.2. The maximum Gasteiger partial charge on any atom is 0.0781 e. The van der Waals surface area contributed by atoms with E-state index in [1.54, 1.807) is 0 Å². The van der Waals surface area contributed by atoms with Crippen molar-refractivity contribution >= 4 is 0 Å². The molecule has 0 aliphatic carbocycles. The molecule has 0 aromatic rings. The molecule has 1 atom stereocenters. The van der Waals surface area contributed by atoms with Crippen LogP contribution in [0.5, 0.6) is 0 Å². The van der Waals surface area contributed by atoms with Gasteiger partial charge in [-0.05, 0) is 13.3 Å². The number of rotatable bonds is 8. The first-order chi connectivity index (χ1) is 8.81. The van der Waals surface area contributed by atoms with E-state index in [0.717, 1.165) is 26.2 Å². The largest absolute Gasteiger partial charge is 0.396 e. The third-order valence-corrected chi connectivity index (χ3v) is 2.72. The van der Waals surface area contributed by atoms with Gasteiger partial charge in [0.1, 0.15) is 0 Å². The van der Waals surface area contributed by atoms with Crippen molar-refractivity contribution in [1.29, 1.82) is 0 Å². The Bertz CT molecular complexity index is 134. The monoisotopic (exact) mass is 260 g/mol. The molecule has 0 aromatic heterocycles. The first-order valence-corrected chi connectivity index (χ1v) is 7.61. The Hall–Kier alpha value is -0.120. The minimum atomic E-state index is 0.370. The Morgan fingerprint density at radius 2 is 1.33 bits per heavy atom. The molecule has 3 heteroatoms. The van der Waals surface area contributed by atoms with Gasteiger partial charge in [0.2, 0.25) is 0 Å². The van der Waals surface area contributed by atoms with E-state index in [1.165, 1.54) is 44.9 Å². The summed E-state index contributed by atoms with van der Waals surface area (Å²) in [7, 11) is 0. The van der Waals surface area contributed by atoms with E-state index in [2.05, 4.69) is 18.6 Å². The predicted octanol–water partition coefficient (Wildman–Crippen LogP) is 3.54. The maximum atomic E-state index is 8.51. The number of aliphatic hydroxyl groups excluding tert-OH is 1. The number of epoxide rings is 2. The molecule has 110 valence electrons. The van der Waals surface area contributed by atoms with Crippen molar-refractivity contribution in [2.45, 2.75) is 71.3 Å². The van der Waals surface area contributed by atoms with Gasteiger partial charge in [0, 0.05) is 6.61 Å². The quantitative estimate of drug-likeness (QED) is 0.536. The Morgan fingerprint density at radius 3 is 1.61 bits per heavy atom. The van der Waals surface area contributed by atoms with Crippen LogP contribution in [0.2, 0.25) is 0 Å². The molecule has 18 heavy (non-hydrogen) atoms. The second-order valence-electron chi connectivity index (χ2n) is 4.95. The van der Waals surface area contributed by atoms with Crippen LogP contribution in [0.15, 0.2) is 0 Å². The van der Waals surface area contributed by atoms with Crippen LogP contribution >= 0.6 is 0 Å². The summed E-state index contributed by atoms with van der Waals surface area (Å²) in [5.74, 6) is 0. The summed E-state index contributed by atoms with van der Waals surface area (Å²) in [6.45, 7) is 7.65. The molecular formula is C15H32O3. The first-order valence-electron chi connectivity index (χ1n) is 7.61. The molecule has 0 aromatic carbocycles. The van der Waals surface area contributed by atoms with Crippen LogP contribution in [0.1, 0.15) is 65.2 Å². The van der Waals surface area contributed by atoms with Crippen LogP contribution in [-0.2, 0) is 9.47 Å². The highest BCUT2D eigenvalue weighted by atomic mass is 16.6. The lowest BCUT2D eigenvalue weighted by Gasteiger charge is -1.98. The Labute approximate surface area is 113 Å².